The molecule has 0 saturated carbocycles. The van der Waals surface area contributed by atoms with E-state index in [0.717, 1.165) is 11.3 Å². The van der Waals surface area contributed by atoms with Gasteiger partial charge in [0.05, 0.1) is 16.6 Å². The van der Waals surface area contributed by atoms with Gasteiger partial charge in [-0.25, -0.2) is 9.78 Å². The number of aromatic nitrogens is 2. The van der Waals surface area contributed by atoms with Crippen molar-refractivity contribution in [3.63, 3.8) is 0 Å². The molecule has 2 aromatic heterocycles. The van der Waals surface area contributed by atoms with Gasteiger partial charge in [0, 0.05) is 0 Å². The first kappa shape index (κ1) is 15.2. The van der Waals surface area contributed by atoms with Crippen molar-refractivity contribution in [2.24, 2.45) is 5.92 Å². The highest BCUT2D eigenvalue weighted by atomic mass is 32.1. The molecule has 0 aliphatic heterocycles. The van der Waals surface area contributed by atoms with Crippen molar-refractivity contribution in [3.05, 3.63) is 27.1 Å². The monoisotopic (exact) mass is 309 g/mol. The Morgan fingerprint density at radius 3 is 2.62 bits per heavy atom. The molecule has 0 aliphatic rings. The lowest BCUT2D eigenvalue weighted by molar-refractivity contribution is -0.140. The van der Waals surface area contributed by atoms with E-state index in [1.165, 1.54) is 6.33 Å². The van der Waals surface area contributed by atoms with Crippen LogP contribution >= 0.6 is 11.3 Å². The Hall–Kier alpha value is -2.22. The highest BCUT2D eigenvalue weighted by Gasteiger charge is 2.26. The van der Waals surface area contributed by atoms with Crippen molar-refractivity contribution in [1.29, 1.82) is 0 Å². The number of nitrogens with one attached hydrogen (secondary N) is 2. The van der Waals surface area contributed by atoms with Gasteiger partial charge in [0.25, 0.3) is 11.5 Å². The van der Waals surface area contributed by atoms with Crippen LogP contribution in [0, 0.1) is 12.8 Å². The molecule has 1 atom stereocenters. The number of H-pyrrole nitrogens is 1. The maximum atomic E-state index is 12.3. The van der Waals surface area contributed by atoms with Crippen molar-refractivity contribution in [2.75, 3.05) is 0 Å². The van der Waals surface area contributed by atoms with E-state index >= 15 is 0 Å². The van der Waals surface area contributed by atoms with Gasteiger partial charge in [0.2, 0.25) is 0 Å². The van der Waals surface area contributed by atoms with Gasteiger partial charge in [0.1, 0.15) is 10.9 Å². The van der Waals surface area contributed by atoms with E-state index in [9.17, 15) is 14.4 Å². The second-order valence-corrected chi connectivity index (χ2v) is 6.00. The third-order valence-electron chi connectivity index (χ3n) is 3.16. The lowest BCUT2D eigenvalue weighted by Crippen LogP contribution is -2.44. The zero-order valence-corrected chi connectivity index (χ0v) is 12.6. The van der Waals surface area contributed by atoms with E-state index in [4.69, 9.17) is 5.11 Å². The number of carbonyl (C=O) groups excluding carboxylic acids is 1. The molecular weight excluding hydrogens is 294 g/mol. The number of aromatic amines is 1. The predicted molar refractivity (Wildman–Crippen MR) is 78.7 cm³/mol. The normalized spacial score (nSPS) is 12.6. The van der Waals surface area contributed by atoms with E-state index < -0.39 is 17.9 Å². The summed E-state index contributed by atoms with van der Waals surface area (Å²) in [5, 5.41) is 12.0. The SMILES string of the molecule is Cc1c(C(=O)N[C@@H](C(=O)O)C(C)C)sc2nc[nH]c(=O)c12. The van der Waals surface area contributed by atoms with Gasteiger partial charge >= 0.3 is 5.97 Å². The molecule has 0 saturated heterocycles. The summed E-state index contributed by atoms with van der Waals surface area (Å²) < 4.78 is 0. The molecule has 2 rings (SSSR count). The summed E-state index contributed by atoms with van der Waals surface area (Å²) in [6.07, 6.45) is 1.27. The average molecular weight is 309 g/mol. The molecule has 0 fully saturated rings. The van der Waals surface area contributed by atoms with E-state index in [0.29, 0.717) is 20.7 Å². The third-order valence-corrected chi connectivity index (χ3v) is 4.36. The summed E-state index contributed by atoms with van der Waals surface area (Å²) in [7, 11) is 0. The molecule has 0 spiro atoms. The second kappa shape index (κ2) is 5.65. The van der Waals surface area contributed by atoms with E-state index in [1.807, 2.05) is 0 Å². The minimum atomic E-state index is -1.09. The number of fused-ring (bicyclic) bond motifs is 1. The third kappa shape index (κ3) is 2.80. The first-order chi connectivity index (χ1) is 9.82. The van der Waals surface area contributed by atoms with Gasteiger partial charge in [-0.2, -0.15) is 0 Å². The molecule has 112 valence electrons. The Labute approximate surface area is 124 Å². The van der Waals surface area contributed by atoms with Crippen LogP contribution in [-0.2, 0) is 4.79 Å². The van der Waals surface area contributed by atoms with Crippen molar-refractivity contribution >= 4 is 33.4 Å². The summed E-state index contributed by atoms with van der Waals surface area (Å²) in [6.45, 7) is 5.07. The number of hydrogen-bond donors (Lipinski definition) is 3. The lowest BCUT2D eigenvalue weighted by Gasteiger charge is -2.17. The molecule has 0 bridgehead atoms. The predicted octanol–water partition coefficient (Wildman–Crippen LogP) is 1.13. The van der Waals surface area contributed by atoms with Gasteiger partial charge in [0.15, 0.2) is 0 Å². The summed E-state index contributed by atoms with van der Waals surface area (Å²) in [4.78, 5) is 42.4. The number of rotatable bonds is 4. The molecule has 0 aliphatic carbocycles. The van der Waals surface area contributed by atoms with Gasteiger partial charge in [-0.15, -0.1) is 11.3 Å². The van der Waals surface area contributed by atoms with Crippen molar-refractivity contribution in [3.8, 4) is 0 Å². The van der Waals surface area contributed by atoms with E-state index in [2.05, 4.69) is 15.3 Å². The fourth-order valence-corrected chi connectivity index (χ4v) is 3.07. The number of carbonyl (C=O) groups is 2. The fraction of sp³-hybridized carbons (Fsp3) is 0.385. The van der Waals surface area contributed by atoms with Crippen LogP contribution in [0.4, 0.5) is 0 Å². The fourth-order valence-electron chi connectivity index (χ4n) is 2.02. The van der Waals surface area contributed by atoms with Crippen LogP contribution in [0.1, 0.15) is 29.1 Å². The number of carboxylic acid groups (broad SMARTS) is 1. The van der Waals surface area contributed by atoms with Gasteiger partial charge in [-0.05, 0) is 18.4 Å². The summed E-state index contributed by atoms with van der Waals surface area (Å²) >= 11 is 1.08. The smallest absolute Gasteiger partial charge is 0.326 e. The summed E-state index contributed by atoms with van der Waals surface area (Å²) in [5.41, 5.74) is 0.196. The first-order valence-electron chi connectivity index (χ1n) is 6.33. The van der Waals surface area contributed by atoms with Crippen LogP contribution in [-0.4, -0.2) is 33.0 Å². The van der Waals surface area contributed by atoms with Gasteiger partial charge in [-0.3, -0.25) is 9.59 Å². The maximum Gasteiger partial charge on any atom is 0.326 e. The number of nitrogens with zero attached hydrogens (tertiary/aromatic N) is 1. The quantitative estimate of drug-likeness (QED) is 0.784. The number of thiophene rings is 1. The van der Waals surface area contributed by atoms with E-state index in [1.54, 1.807) is 20.8 Å². The number of aliphatic carboxylic acids is 1. The molecule has 7 nitrogen and oxygen atoms in total. The Kier molecular flexibility index (Phi) is 4.08. The topological polar surface area (TPSA) is 112 Å². The van der Waals surface area contributed by atoms with Crippen LogP contribution < -0.4 is 10.9 Å². The molecule has 21 heavy (non-hydrogen) atoms. The summed E-state index contributed by atoms with van der Waals surface area (Å²) in [5.74, 6) is -1.84. The van der Waals surface area contributed by atoms with Crippen LogP contribution in [0.5, 0.6) is 0 Å². The number of hydrogen-bond acceptors (Lipinski definition) is 5. The minimum absolute atomic E-state index is 0.248. The van der Waals surface area contributed by atoms with Crippen molar-refractivity contribution < 1.29 is 14.7 Å². The molecule has 0 radical (unpaired) electrons. The van der Waals surface area contributed by atoms with Crippen LogP contribution in [0.3, 0.4) is 0 Å². The first-order valence-corrected chi connectivity index (χ1v) is 7.15. The molecule has 8 heteroatoms. The number of amides is 1. The molecular formula is C13H15N3O4S. The molecule has 0 unspecified atom stereocenters. The maximum absolute atomic E-state index is 12.3. The molecule has 1 amide bonds. The Morgan fingerprint density at radius 2 is 2.10 bits per heavy atom. The molecule has 2 heterocycles. The number of aryl methyl sites for hydroxylation is 1. The Bertz CT molecular complexity index is 762. The lowest BCUT2D eigenvalue weighted by atomic mass is 10.0. The van der Waals surface area contributed by atoms with Crippen molar-refractivity contribution in [1.82, 2.24) is 15.3 Å². The number of carboxylic acids is 1. The molecule has 0 aromatic carbocycles. The zero-order chi connectivity index (χ0) is 15.7. The molecule has 3 N–H and O–H groups in total. The molecule has 2 aromatic rings. The van der Waals surface area contributed by atoms with Crippen molar-refractivity contribution in [2.45, 2.75) is 26.8 Å². The highest BCUT2D eigenvalue weighted by Crippen LogP contribution is 2.26. The van der Waals surface area contributed by atoms with Gasteiger partial charge in [-0.1, -0.05) is 13.8 Å². The largest absolute Gasteiger partial charge is 0.480 e. The average Bonchev–Trinajstić information content (AvgIpc) is 2.73. The van der Waals surface area contributed by atoms with Crippen LogP contribution in [0.25, 0.3) is 10.2 Å². The zero-order valence-electron chi connectivity index (χ0n) is 11.8. The second-order valence-electron chi connectivity index (χ2n) is 5.00. The minimum Gasteiger partial charge on any atom is -0.480 e. The Balaban J connectivity index is 2.40. The summed E-state index contributed by atoms with van der Waals surface area (Å²) in [6, 6.07) is -0.978. The highest BCUT2D eigenvalue weighted by molar-refractivity contribution is 7.20. The van der Waals surface area contributed by atoms with Gasteiger partial charge < -0.3 is 15.4 Å². The van der Waals surface area contributed by atoms with Crippen LogP contribution in [0.2, 0.25) is 0 Å². The Morgan fingerprint density at radius 1 is 1.43 bits per heavy atom. The van der Waals surface area contributed by atoms with Crippen LogP contribution in [0.15, 0.2) is 11.1 Å². The van der Waals surface area contributed by atoms with E-state index in [-0.39, 0.29) is 11.5 Å². The standard InChI is InChI=1S/C13H15N3O4S/c1-5(2)8(13(19)20)16-11(18)9-6(3)7-10(17)14-4-15-12(7)21-9/h4-5,8H,1-3H3,(H,16,18)(H,19,20)(H,14,15,17)/t8-/m1/s1.